The molecule has 1 saturated carbocycles. The van der Waals surface area contributed by atoms with E-state index in [1.165, 1.54) is 0 Å². The van der Waals surface area contributed by atoms with Gasteiger partial charge in [-0.25, -0.2) is 13.7 Å². The van der Waals surface area contributed by atoms with Gasteiger partial charge >= 0.3 is 0 Å². The van der Waals surface area contributed by atoms with Crippen LogP contribution in [0, 0.1) is 4.78 Å². The summed E-state index contributed by atoms with van der Waals surface area (Å²) in [5, 5.41) is 9.43. The Balaban J connectivity index is 2.58. The quantitative estimate of drug-likeness (QED) is 0.669. The molecular formula is C9H20N2O2S. The van der Waals surface area contributed by atoms with Gasteiger partial charge in [0.15, 0.2) is 0 Å². The van der Waals surface area contributed by atoms with E-state index in [-0.39, 0.29) is 11.3 Å². The summed E-state index contributed by atoms with van der Waals surface area (Å²) in [5.74, 6) is 0. The molecule has 1 fully saturated rings. The molecule has 14 heavy (non-hydrogen) atoms. The smallest absolute Gasteiger partial charge is 0.108 e. The van der Waals surface area contributed by atoms with Crippen LogP contribution in [0.1, 0.15) is 39.5 Å². The minimum Gasteiger partial charge on any atom is -0.391 e. The van der Waals surface area contributed by atoms with E-state index in [2.05, 4.69) is 4.72 Å². The lowest BCUT2D eigenvalue weighted by atomic mass is 9.93. The van der Waals surface area contributed by atoms with E-state index in [0.29, 0.717) is 0 Å². The van der Waals surface area contributed by atoms with Crippen LogP contribution < -0.4 is 4.72 Å². The topological polar surface area (TPSA) is 73.2 Å². The van der Waals surface area contributed by atoms with Gasteiger partial charge in [0, 0.05) is 6.04 Å². The average molecular weight is 220 g/mol. The van der Waals surface area contributed by atoms with Crippen LogP contribution >= 0.6 is 0 Å². The van der Waals surface area contributed by atoms with Crippen molar-refractivity contribution in [1.29, 1.82) is 4.78 Å². The molecular weight excluding hydrogens is 200 g/mol. The van der Waals surface area contributed by atoms with Crippen molar-refractivity contribution in [2.75, 3.05) is 0 Å². The number of nitrogens with one attached hydrogen (secondary N) is 2. The lowest BCUT2D eigenvalue weighted by Gasteiger charge is -2.29. The standard InChI is InChI=1S/C9H20N2O2S/c1-7(2)14(10,13)11-8-5-3-4-6-9(8)12/h7-9,12H,3-6H2,1-2H3,(H2,10,11,13)/t8-,9-,14?/m1/s1. The number of aliphatic hydroxyl groups excluding tert-OH is 1. The first-order valence-corrected chi connectivity index (χ1v) is 6.78. The van der Waals surface area contributed by atoms with Crippen molar-refractivity contribution in [2.24, 2.45) is 0 Å². The third-order valence-electron chi connectivity index (χ3n) is 2.72. The minimum absolute atomic E-state index is 0.156. The summed E-state index contributed by atoms with van der Waals surface area (Å²) >= 11 is 0. The third-order valence-corrected chi connectivity index (χ3v) is 4.70. The van der Waals surface area contributed by atoms with Crippen molar-refractivity contribution in [3.63, 3.8) is 0 Å². The first-order valence-electron chi connectivity index (χ1n) is 5.16. The SMILES string of the molecule is CC(C)S(=N)(=O)N[C@@H]1CCCC[C@H]1O. The number of hydrogen-bond donors (Lipinski definition) is 3. The fraction of sp³-hybridized carbons (Fsp3) is 1.00. The molecule has 0 aliphatic heterocycles. The van der Waals surface area contributed by atoms with Crippen LogP contribution in [0.2, 0.25) is 0 Å². The van der Waals surface area contributed by atoms with Crippen LogP contribution in [-0.2, 0) is 9.92 Å². The Hall–Kier alpha value is -0.130. The maximum atomic E-state index is 11.7. The van der Waals surface area contributed by atoms with Gasteiger partial charge < -0.3 is 5.11 Å². The van der Waals surface area contributed by atoms with Crippen molar-refractivity contribution in [3.05, 3.63) is 0 Å². The molecule has 0 amide bonds. The van der Waals surface area contributed by atoms with E-state index in [1.54, 1.807) is 13.8 Å². The summed E-state index contributed by atoms with van der Waals surface area (Å²) in [6.07, 6.45) is 3.21. The lowest BCUT2D eigenvalue weighted by molar-refractivity contribution is 0.102. The first-order chi connectivity index (χ1) is 6.43. The lowest BCUT2D eigenvalue weighted by Crippen LogP contribution is -2.46. The van der Waals surface area contributed by atoms with Gasteiger partial charge in [-0.3, -0.25) is 0 Å². The van der Waals surface area contributed by atoms with E-state index >= 15 is 0 Å². The number of hydrogen-bond acceptors (Lipinski definition) is 3. The molecule has 4 nitrogen and oxygen atoms in total. The molecule has 1 aliphatic rings. The highest BCUT2D eigenvalue weighted by Gasteiger charge is 2.26. The van der Waals surface area contributed by atoms with Crippen molar-refractivity contribution >= 4 is 9.92 Å². The predicted octanol–water partition coefficient (Wildman–Crippen LogP) is 1.25. The third kappa shape index (κ3) is 2.93. The van der Waals surface area contributed by atoms with Crippen LogP contribution in [0.5, 0.6) is 0 Å². The summed E-state index contributed by atoms with van der Waals surface area (Å²) in [5.41, 5.74) is 0. The number of aliphatic hydroxyl groups is 1. The number of rotatable bonds is 3. The van der Waals surface area contributed by atoms with Crippen molar-refractivity contribution in [1.82, 2.24) is 4.72 Å². The van der Waals surface area contributed by atoms with Crippen LogP contribution in [0.4, 0.5) is 0 Å². The molecule has 1 aliphatic carbocycles. The highest BCUT2D eigenvalue weighted by Crippen LogP contribution is 2.19. The molecule has 0 aromatic heterocycles. The van der Waals surface area contributed by atoms with Gasteiger partial charge in [-0.1, -0.05) is 12.8 Å². The van der Waals surface area contributed by atoms with Gasteiger partial charge in [0.1, 0.15) is 9.92 Å². The Kier molecular flexibility index (Phi) is 3.92. The molecule has 84 valence electrons. The fourth-order valence-corrected chi connectivity index (χ4v) is 2.61. The summed E-state index contributed by atoms with van der Waals surface area (Å²) in [7, 11) is -2.74. The minimum atomic E-state index is -2.74. The largest absolute Gasteiger partial charge is 0.391 e. The van der Waals surface area contributed by atoms with Crippen LogP contribution in [0.25, 0.3) is 0 Å². The van der Waals surface area contributed by atoms with E-state index < -0.39 is 16.0 Å². The zero-order valence-corrected chi connectivity index (χ0v) is 9.64. The summed E-state index contributed by atoms with van der Waals surface area (Å²) < 4.78 is 22.1. The predicted molar refractivity (Wildman–Crippen MR) is 57.4 cm³/mol. The van der Waals surface area contributed by atoms with Crippen molar-refractivity contribution < 1.29 is 9.32 Å². The molecule has 5 heteroatoms. The molecule has 0 radical (unpaired) electrons. The Morgan fingerprint density at radius 1 is 1.43 bits per heavy atom. The fourth-order valence-electron chi connectivity index (χ4n) is 1.61. The van der Waals surface area contributed by atoms with Gasteiger partial charge in [0.2, 0.25) is 0 Å². The highest BCUT2D eigenvalue weighted by molar-refractivity contribution is 7.91. The average Bonchev–Trinajstić information content (AvgIpc) is 2.08. The molecule has 0 heterocycles. The maximum absolute atomic E-state index is 11.7. The molecule has 0 aromatic rings. The van der Waals surface area contributed by atoms with Crippen molar-refractivity contribution in [3.8, 4) is 0 Å². The molecule has 1 rings (SSSR count). The van der Waals surface area contributed by atoms with Crippen molar-refractivity contribution in [2.45, 2.75) is 56.9 Å². The molecule has 1 unspecified atom stereocenters. The molecule has 0 saturated heterocycles. The summed E-state index contributed by atoms with van der Waals surface area (Å²) in [4.78, 5) is 0. The van der Waals surface area contributed by atoms with E-state index in [0.717, 1.165) is 25.7 Å². The zero-order valence-electron chi connectivity index (χ0n) is 8.82. The second-order valence-electron chi connectivity index (χ2n) is 4.23. The van der Waals surface area contributed by atoms with Crippen LogP contribution in [0.3, 0.4) is 0 Å². The van der Waals surface area contributed by atoms with E-state index in [1.807, 2.05) is 0 Å². The second-order valence-corrected chi connectivity index (χ2v) is 6.61. The Labute approximate surface area is 86.2 Å². The Morgan fingerprint density at radius 3 is 2.50 bits per heavy atom. The monoisotopic (exact) mass is 220 g/mol. The van der Waals surface area contributed by atoms with Gasteiger partial charge in [0.25, 0.3) is 0 Å². The van der Waals surface area contributed by atoms with Gasteiger partial charge in [-0.2, -0.15) is 0 Å². The van der Waals surface area contributed by atoms with Gasteiger partial charge in [-0.05, 0) is 26.7 Å². The van der Waals surface area contributed by atoms with Crippen LogP contribution in [0.15, 0.2) is 0 Å². The highest BCUT2D eigenvalue weighted by atomic mass is 32.2. The summed E-state index contributed by atoms with van der Waals surface area (Å²) in [6.45, 7) is 3.52. The second kappa shape index (κ2) is 4.59. The molecule has 0 bridgehead atoms. The van der Waals surface area contributed by atoms with E-state index in [4.69, 9.17) is 4.78 Å². The molecule has 0 spiro atoms. The zero-order chi connectivity index (χ0) is 10.8. The Morgan fingerprint density at radius 2 is 2.00 bits per heavy atom. The molecule has 3 N–H and O–H groups in total. The van der Waals surface area contributed by atoms with Gasteiger partial charge in [0.05, 0.1) is 11.4 Å². The molecule has 0 aromatic carbocycles. The maximum Gasteiger partial charge on any atom is 0.108 e. The van der Waals surface area contributed by atoms with Crippen LogP contribution in [-0.4, -0.2) is 26.7 Å². The summed E-state index contributed by atoms with van der Waals surface area (Å²) in [6, 6.07) is -0.156. The molecule has 3 atom stereocenters. The van der Waals surface area contributed by atoms with Gasteiger partial charge in [-0.15, -0.1) is 0 Å². The normalized spacial score (nSPS) is 32.9. The Bertz CT molecular complexity index is 275. The first kappa shape index (κ1) is 11.9. The van der Waals surface area contributed by atoms with E-state index in [9.17, 15) is 9.32 Å².